The van der Waals surface area contributed by atoms with E-state index in [2.05, 4.69) is 0 Å². The van der Waals surface area contributed by atoms with Crippen LogP contribution < -0.4 is 10.4 Å². The molecule has 0 bridgehead atoms. The van der Waals surface area contributed by atoms with E-state index in [1.54, 1.807) is 32.3 Å². The standard InChI is InChI=1S/C22H21NO5/c1-14-7-5-6-8-16(14)18-12-21(24)28-19-11-15(9-10-17(18)19)27-20(13-26-4)22(25)23(2)3/h5-13H,1-4H3. The fourth-order valence-electron chi connectivity index (χ4n) is 2.88. The highest BCUT2D eigenvalue weighted by Crippen LogP contribution is 2.31. The van der Waals surface area contributed by atoms with Gasteiger partial charge in [0.25, 0.3) is 5.91 Å². The number of benzene rings is 2. The van der Waals surface area contributed by atoms with Gasteiger partial charge < -0.3 is 18.8 Å². The predicted octanol–water partition coefficient (Wildman–Crippen LogP) is 3.72. The third kappa shape index (κ3) is 3.91. The van der Waals surface area contributed by atoms with Crippen LogP contribution in [-0.4, -0.2) is 32.0 Å². The summed E-state index contributed by atoms with van der Waals surface area (Å²) >= 11 is 0. The van der Waals surface area contributed by atoms with E-state index in [-0.39, 0.29) is 11.7 Å². The van der Waals surface area contributed by atoms with Crippen LogP contribution in [0.15, 0.2) is 69.8 Å². The maximum atomic E-state index is 12.2. The van der Waals surface area contributed by atoms with E-state index in [0.717, 1.165) is 22.1 Å². The van der Waals surface area contributed by atoms with Crippen LogP contribution in [0, 0.1) is 6.92 Å². The van der Waals surface area contributed by atoms with E-state index >= 15 is 0 Å². The molecule has 0 atom stereocenters. The van der Waals surface area contributed by atoms with Crippen LogP contribution >= 0.6 is 0 Å². The smallest absolute Gasteiger partial charge is 0.336 e. The Morgan fingerprint density at radius 1 is 1.07 bits per heavy atom. The zero-order valence-electron chi connectivity index (χ0n) is 16.2. The molecule has 0 aliphatic carbocycles. The van der Waals surface area contributed by atoms with Crippen molar-refractivity contribution < 1.29 is 18.7 Å². The molecule has 0 aliphatic rings. The predicted molar refractivity (Wildman–Crippen MR) is 107 cm³/mol. The van der Waals surface area contributed by atoms with E-state index in [9.17, 15) is 9.59 Å². The molecule has 0 fully saturated rings. The minimum absolute atomic E-state index is 0.0178. The first-order valence-electron chi connectivity index (χ1n) is 8.67. The highest BCUT2D eigenvalue weighted by Gasteiger charge is 2.16. The van der Waals surface area contributed by atoms with Gasteiger partial charge in [-0.2, -0.15) is 0 Å². The lowest BCUT2D eigenvalue weighted by atomic mass is 9.98. The van der Waals surface area contributed by atoms with Gasteiger partial charge in [0, 0.05) is 37.2 Å². The largest absolute Gasteiger partial charge is 0.500 e. The molecule has 0 unspecified atom stereocenters. The van der Waals surface area contributed by atoms with Gasteiger partial charge in [0.1, 0.15) is 17.6 Å². The van der Waals surface area contributed by atoms with Crippen molar-refractivity contribution in [2.45, 2.75) is 6.92 Å². The van der Waals surface area contributed by atoms with E-state index in [1.165, 1.54) is 24.3 Å². The number of rotatable bonds is 5. The fraction of sp³-hybridized carbons (Fsp3) is 0.182. The number of fused-ring (bicyclic) bond motifs is 1. The highest BCUT2D eigenvalue weighted by atomic mass is 16.5. The number of carbonyl (C=O) groups excluding carboxylic acids is 1. The van der Waals surface area contributed by atoms with Crippen molar-refractivity contribution in [3.63, 3.8) is 0 Å². The molecule has 6 nitrogen and oxygen atoms in total. The van der Waals surface area contributed by atoms with Crippen LogP contribution in [0.3, 0.4) is 0 Å². The molecule has 3 aromatic rings. The molecule has 3 rings (SSSR count). The van der Waals surface area contributed by atoms with Gasteiger partial charge in [0.2, 0.25) is 5.76 Å². The zero-order valence-corrected chi connectivity index (χ0v) is 16.2. The molecule has 0 spiro atoms. The number of amides is 1. The van der Waals surface area contributed by atoms with Gasteiger partial charge in [-0.25, -0.2) is 4.79 Å². The number of carbonyl (C=O) groups is 1. The van der Waals surface area contributed by atoms with E-state index in [4.69, 9.17) is 13.9 Å². The molecule has 6 heteroatoms. The van der Waals surface area contributed by atoms with Crippen LogP contribution in [0.5, 0.6) is 5.75 Å². The normalized spacial score (nSPS) is 11.4. The first-order chi connectivity index (χ1) is 13.4. The molecule has 0 aliphatic heterocycles. The van der Waals surface area contributed by atoms with Gasteiger partial charge in [-0.05, 0) is 30.2 Å². The maximum absolute atomic E-state index is 12.2. The summed E-state index contributed by atoms with van der Waals surface area (Å²) < 4.78 is 16.0. The Labute approximate surface area is 162 Å². The average Bonchev–Trinajstić information content (AvgIpc) is 2.66. The van der Waals surface area contributed by atoms with Crippen molar-refractivity contribution in [3.05, 3.63) is 76.5 Å². The number of aryl methyl sites for hydroxylation is 1. The molecule has 0 saturated heterocycles. The van der Waals surface area contributed by atoms with Gasteiger partial charge in [-0.3, -0.25) is 4.79 Å². The Hall–Kier alpha value is -3.54. The fourth-order valence-corrected chi connectivity index (χ4v) is 2.88. The lowest BCUT2D eigenvalue weighted by molar-refractivity contribution is -0.127. The highest BCUT2D eigenvalue weighted by molar-refractivity contribution is 5.95. The summed E-state index contributed by atoms with van der Waals surface area (Å²) in [6, 6.07) is 14.4. The second-order valence-electron chi connectivity index (χ2n) is 6.47. The van der Waals surface area contributed by atoms with Crippen LogP contribution in [0.4, 0.5) is 0 Å². The van der Waals surface area contributed by atoms with E-state index < -0.39 is 5.63 Å². The Balaban J connectivity index is 2.08. The summed E-state index contributed by atoms with van der Waals surface area (Å²) in [5.74, 6) is 0.0254. The quantitative estimate of drug-likeness (QED) is 0.384. The Kier molecular flexibility index (Phi) is 5.49. The molecule has 1 heterocycles. The summed E-state index contributed by atoms with van der Waals surface area (Å²) in [5.41, 5.74) is 2.71. The number of hydrogen-bond donors (Lipinski definition) is 0. The van der Waals surface area contributed by atoms with Gasteiger partial charge in [0.05, 0.1) is 7.11 Å². The van der Waals surface area contributed by atoms with Crippen LogP contribution in [0.25, 0.3) is 22.1 Å². The van der Waals surface area contributed by atoms with Gasteiger partial charge in [-0.15, -0.1) is 0 Å². The van der Waals surface area contributed by atoms with Crippen molar-refractivity contribution in [3.8, 4) is 16.9 Å². The summed E-state index contributed by atoms with van der Waals surface area (Å²) in [7, 11) is 4.66. The van der Waals surface area contributed by atoms with Crippen molar-refractivity contribution in [1.82, 2.24) is 4.90 Å². The SMILES string of the molecule is COC=C(Oc1ccc2c(-c3ccccc3C)cc(=O)oc2c1)C(=O)N(C)C. The molecule has 1 amide bonds. The van der Waals surface area contributed by atoms with E-state index in [0.29, 0.717) is 11.3 Å². The van der Waals surface area contributed by atoms with Crippen LogP contribution in [-0.2, 0) is 9.53 Å². The topological polar surface area (TPSA) is 69.0 Å². The molecule has 144 valence electrons. The maximum Gasteiger partial charge on any atom is 0.336 e. The number of ether oxygens (including phenoxy) is 2. The van der Waals surface area contributed by atoms with Crippen molar-refractivity contribution >= 4 is 16.9 Å². The molecule has 2 aromatic carbocycles. The molecular formula is C22H21NO5. The summed E-state index contributed by atoms with van der Waals surface area (Å²) in [6.45, 7) is 1.99. The Bertz CT molecular complexity index is 1110. The van der Waals surface area contributed by atoms with Gasteiger partial charge >= 0.3 is 5.63 Å². The first-order valence-corrected chi connectivity index (χ1v) is 8.67. The summed E-state index contributed by atoms with van der Waals surface area (Å²) in [5, 5.41) is 0.775. The van der Waals surface area contributed by atoms with Crippen molar-refractivity contribution in [2.24, 2.45) is 0 Å². The van der Waals surface area contributed by atoms with Crippen LogP contribution in [0.2, 0.25) is 0 Å². The van der Waals surface area contributed by atoms with Crippen molar-refractivity contribution in [1.29, 1.82) is 0 Å². The number of nitrogens with zero attached hydrogens (tertiary/aromatic N) is 1. The second-order valence-corrected chi connectivity index (χ2v) is 6.47. The Morgan fingerprint density at radius 2 is 1.82 bits per heavy atom. The second kappa shape index (κ2) is 8.00. The van der Waals surface area contributed by atoms with Crippen LogP contribution in [0.1, 0.15) is 5.56 Å². The Morgan fingerprint density at radius 3 is 2.50 bits per heavy atom. The average molecular weight is 379 g/mol. The molecule has 28 heavy (non-hydrogen) atoms. The number of methoxy groups -OCH3 is 1. The minimum atomic E-state index is -0.458. The molecule has 0 radical (unpaired) electrons. The van der Waals surface area contributed by atoms with Gasteiger partial charge in [0.15, 0.2) is 0 Å². The summed E-state index contributed by atoms with van der Waals surface area (Å²) in [4.78, 5) is 25.7. The molecule has 0 N–H and O–H groups in total. The minimum Gasteiger partial charge on any atom is -0.500 e. The third-order valence-electron chi connectivity index (χ3n) is 4.22. The first kappa shape index (κ1) is 19.2. The number of hydrogen-bond acceptors (Lipinski definition) is 5. The molecule has 1 aromatic heterocycles. The monoisotopic (exact) mass is 379 g/mol. The van der Waals surface area contributed by atoms with Crippen molar-refractivity contribution in [2.75, 3.05) is 21.2 Å². The van der Waals surface area contributed by atoms with E-state index in [1.807, 2.05) is 31.2 Å². The summed E-state index contributed by atoms with van der Waals surface area (Å²) in [6.07, 6.45) is 1.23. The third-order valence-corrected chi connectivity index (χ3v) is 4.22. The number of likely N-dealkylation sites (N-methyl/N-ethyl adjacent to an activating group) is 1. The zero-order chi connectivity index (χ0) is 20.3. The lowest BCUT2D eigenvalue weighted by Gasteiger charge is -2.14. The van der Waals surface area contributed by atoms with Gasteiger partial charge in [-0.1, -0.05) is 24.3 Å². The molecule has 0 saturated carbocycles. The lowest BCUT2D eigenvalue weighted by Crippen LogP contribution is -2.26. The molecular weight excluding hydrogens is 358 g/mol.